The van der Waals surface area contributed by atoms with Crippen molar-refractivity contribution in [3.8, 4) is 11.1 Å². The fraction of sp³-hybridized carbons (Fsp3) is 0.179. The third kappa shape index (κ3) is 5.87. The summed E-state index contributed by atoms with van der Waals surface area (Å²) < 4.78 is 41.6. The van der Waals surface area contributed by atoms with Gasteiger partial charge in [0.05, 0.1) is 10.5 Å². The van der Waals surface area contributed by atoms with Gasteiger partial charge in [0, 0.05) is 37.0 Å². The van der Waals surface area contributed by atoms with E-state index in [1.54, 1.807) is 42.6 Å². The van der Waals surface area contributed by atoms with E-state index >= 15 is 0 Å². The molecule has 0 amide bonds. The Morgan fingerprint density at radius 3 is 2.61 bits per heavy atom. The van der Waals surface area contributed by atoms with Crippen LogP contribution in [0.4, 0.5) is 21.8 Å². The number of rotatable bonds is 5. The number of ketones is 1. The molecule has 0 atom stereocenters. The van der Waals surface area contributed by atoms with Crippen LogP contribution >= 0.6 is 0 Å². The number of Topliss-reactive ketones (excluding diaryl/α,β-unsaturated/α-hetero) is 1. The van der Waals surface area contributed by atoms with Crippen molar-refractivity contribution in [2.24, 2.45) is 0 Å². The van der Waals surface area contributed by atoms with E-state index < -0.39 is 15.8 Å². The standard InChI is InChI=1S/C28H26FN5O3S/c29-25-8-2-1-7-23(25)26(35)14-11-19-9-12-20(13-10-19)24-18-31-28-33-21-5-3-6-22(17-21)38(36,37)32-16-4-15-30-27(24)34-28/h1-3,5-10,12-13,17-18,32H,4,11,14-16H2,(H2,30,31,33,34). The number of benzene rings is 3. The van der Waals surface area contributed by atoms with Gasteiger partial charge < -0.3 is 10.6 Å². The first kappa shape index (κ1) is 25.5. The smallest absolute Gasteiger partial charge is 0.240 e. The number of aromatic nitrogens is 2. The molecule has 1 aromatic heterocycles. The van der Waals surface area contributed by atoms with Crippen molar-refractivity contribution in [2.75, 3.05) is 23.7 Å². The molecule has 0 spiro atoms. The van der Waals surface area contributed by atoms with Crippen molar-refractivity contribution in [1.82, 2.24) is 14.7 Å². The average molecular weight is 532 g/mol. The summed E-state index contributed by atoms with van der Waals surface area (Å²) >= 11 is 0. The Labute approximate surface area is 220 Å². The summed E-state index contributed by atoms with van der Waals surface area (Å²) in [6, 6.07) is 20.2. The maximum atomic E-state index is 13.9. The van der Waals surface area contributed by atoms with Crippen molar-refractivity contribution in [3.63, 3.8) is 0 Å². The van der Waals surface area contributed by atoms with Gasteiger partial charge in [0.15, 0.2) is 5.78 Å². The maximum Gasteiger partial charge on any atom is 0.240 e. The van der Waals surface area contributed by atoms with Crippen LogP contribution in [-0.2, 0) is 16.4 Å². The number of sulfonamides is 1. The predicted molar refractivity (Wildman–Crippen MR) is 145 cm³/mol. The van der Waals surface area contributed by atoms with Gasteiger partial charge in [-0.1, -0.05) is 42.5 Å². The number of halogens is 1. The second kappa shape index (κ2) is 11.1. The first-order valence-electron chi connectivity index (χ1n) is 12.2. The van der Waals surface area contributed by atoms with E-state index in [0.717, 1.165) is 16.7 Å². The zero-order chi connectivity index (χ0) is 26.5. The molecule has 8 nitrogen and oxygen atoms in total. The Hall–Kier alpha value is -4.15. The number of carbonyl (C=O) groups is 1. The van der Waals surface area contributed by atoms with Crippen LogP contribution in [0.15, 0.2) is 83.9 Å². The van der Waals surface area contributed by atoms with Crippen LogP contribution in [0, 0.1) is 5.82 Å². The van der Waals surface area contributed by atoms with Crippen LogP contribution in [0.3, 0.4) is 0 Å². The summed E-state index contributed by atoms with van der Waals surface area (Å²) in [4.78, 5) is 21.7. The number of aryl methyl sites for hydroxylation is 1. The summed E-state index contributed by atoms with van der Waals surface area (Å²) in [5.41, 5.74) is 3.29. The van der Waals surface area contributed by atoms with E-state index in [4.69, 9.17) is 0 Å². The highest BCUT2D eigenvalue weighted by molar-refractivity contribution is 7.89. The van der Waals surface area contributed by atoms with Crippen molar-refractivity contribution in [3.05, 3.63) is 95.9 Å². The summed E-state index contributed by atoms with van der Waals surface area (Å²) in [6.07, 6.45) is 2.97. The Bertz CT molecular complexity index is 1580. The molecule has 10 heteroatoms. The Kier molecular flexibility index (Phi) is 7.43. The van der Waals surface area contributed by atoms with Crippen molar-refractivity contribution in [2.45, 2.75) is 24.2 Å². The number of nitrogens with zero attached hydrogens (tertiary/aromatic N) is 2. The third-order valence-electron chi connectivity index (χ3n) is 6.21. The summed E-state index contributed by atoms with van der Waals surface area (Å²) in [7, 11) is -3.62. The van der Waals surface area contributed by atoms with Gasteiger partial charge in [-0.3, -0.25) is 4.79 Å². The van der Waals surface area contributed by atoms with Gasteiger partial charge in [-0.2, -0.15) is 4.98 Å². The fourth-order valence-corrected chi connectivity index (χ4v) is 5.29. The van der Waals surface area contributed by atoms with Crippen LogP contribution in [0.1, 0.15) is 28.8 Å². The monoisotopic (exact) mass is 531 g/mol. The first-order valence-corrected chi connectivity index (χ1v) is 13.7. The molecule has 194 valence electrons. The molecule has 0 unspecified atom stereocenters. The average Bonchev–Trinajstić information content (AvgIpc) is 2.92. The minimum atomic E-state index is -3.62. The second-order valence-electron chi connectivity index (χ2n) is 8.89. The van der Waals surface area contributed by atoms with Gasteiger partial charge in [-0.25, -0.2) is 22.5 Å². The quantitative estimate of drug-likeness (QED) is 0.313. The highest BCUT2D eigenvalue weighted by Gasteiger charge is 2.16. The third-order valence-corrected chi connectivity index (χ3v) is 7.67. The van der Waals surface area contributed by atoms with Crippen LogP contribution in [0.25, 0.3) is 11.1 Å². The second-order valence-corrected chi connectivity index (χ2v) is 10.7. The van der Waals surface area contributed by atoms with Gasteiger partial charge >= 0.3 is 0 Å². The first-order chi connectivity index (χ1) is 18.4. The topological polar surface area (TPSA) is 113 Å². The van der Waals surface area contributed by atoms with Gasteiger partial charge in [0.1, 0.15) is 11.6 Å². The molecule has 5 rings (SSSR count). The van der Waals surface area contributed by atoms with Crippen LogP contribution in [-0.4, -0.2) is 37.3 Å². The van der Waals surface area contributed by atoms with Gasteiger partial charge in [0.25, 0.3) is 0 Å². The van der Waals surface area contributed by atoms with Crippen LogP contribution in [0.5, 0.6) is 0 Å². The molecule has 2 heterocycles. The lowest BCUT2D eigenvalue weighted by Crippen LogP contribution is -2.26. The van der Waals surface area contributed by atoms with Gasteiger partial charge in [-0.15, -0.1) is 0 Å². The molecular formula is C28H26FN5O3S. The molecule has 3 aromatic carbocycles. The highest BCUT2D eigenvalue weighted by Crippen LogP contribution is 2.29. The van der Waals surface area contributed by atoms with Gasteiger partial charge in [-0.05, 0) is 54.3 Å². The molecular weight excluding hydrogens is 505 g/mol. The number of fused-ring (bicyclic) bond motifs is 4. The molecule has 0 radical (unpaired) electrons. The van der Waals surface area contributed by atoms with E-state index in [1.165, 1.54) is 12.1 Å². The molecule has 3 N–H and O–H groups in total. The van der Waals surface area contributed by atoms with Crippen LogP contribution < -0.4 is 15.4 Å². The Balaban J connectivity index is 1.35. The van der Waals surface area contributed by atoms with E-state index in [-0.39, 0.29) is 29.2 Å². The molecule has 0 aliphatic carbocycles. The molecule has 0 saturated heterocycles. The zero-order valence-electron chi connectivity index (χ0n) is 20.4. The normalized spacial score (nSPS) is 14.7. The fourth-order valence-electron chi connectivity index (χ4n) is 4.17. The SMILES string of the molecule is O=C(CCc1ccc(-c2cnc3nc2NCCCNS(=O)(=O)c2cccc(c2)N3)cc1)c1ccccc1F. The Morgan fingerprint density at radius 2 is 1.79 bits per heavy atom. The highest BCUT2D eigenvalue weighted by atomic mass is 32.2. The van der Waals surface area contributed by atoms with E-state index in [1.807, 2.05) is 24.3 Å². The number of carbonyl (C=O) groups excluding carboxylic acids is 1. The molecule has 0 fully saturated rings. The predicted octanol–water partition coefficient (Wildman–Crippen LogP) is 4.94. The molecule has 0 saturated carbocycles. The lowest BCUT2D eigenvalue weighted by Gasteiger charge is -2.13. The lowest BCUT2D eigenvalue weighted by atomic mass is 10.00. The molecule has 4 aromatic rings. The number of anilines is 3. The molecule has 1 aliphatic rings. The van der Waals surface area contributed by atoms with Crippen molar-refractivity contribution >= 4 is 33.3 Å². The maximum absolute atomic E-state index is 13.9. The van der Waals surface area contributed by atoms with E-state index in [2.05, 4.69) is 25.3 Å². The zero-order valence-corrected chi connectivity index (χ0v) is 21.3. The van der Waals surface area contributed by atoms with Crippen LogP contribution in [0.2, 0.25) is 0 Å². The molecule has 38 heavy (non-hydrogen) atoms. The van der Waals surface area contributed by atoms with Crippen molar-refractivity contribution in [1.29, 1.82) is 0 Å². The Morgan fingerprint density at radius 1 is 0.974 bits per heavy atom. The number of hydrogen-bond acceptors (Lipinski definition) is 7. The summed E-state index contributed by atoms with van der Waals surface area (Å²) in [5.74, 6) is 0.217. The lowest BCUT2D eigenvalue weighted by molar-refractivity contribution is 0.0979. The molecule has 1 aliphatic heterocycles. The number of hydrogen-bond donors (Lipinski definition) is 3. The number of nitrogens with one attached hydrogen (secondary N) is 3. The van der Waals surface area contributed by atoms with Crippen molar-refractivity contribution < 1.29 is 17.6 Å². The summed E-state index contributed by atoms with van der Waals surface area (Å²) in [5, 5.41) is 6.38. The summed E-state index contributed by atoms with van der Waals surface area (Å²) in [6.45, 7) is 0.778. The molecule has 4 bridgehead atoms. The van der Waals surface area contributed by atoms with E-state index in [0.29, 0.717) is 36.8 Å². The minimum absolute atomic E-state index is 0.112. The van der Waals surface area contributed by atoms with E-state index in [9.17, 15) is 17.6 Å². The van der Waals surface area contributed by atoms with Gasteiger partial charge in [0.2, 0.25) is 16.0 Å². The largest absolute Gasteiger partial charge is 0.369 e. The minimum Gasteiger partial charge on any atom is -0.369 e.